The molecule has 114 valence electrons. The first-order valence-electron chi connectivity index (χ1n) is 6.99. The Morgan fingerprint density at radius 2 is 1.95 bits per heavy atom. The Bertz CT molecular complexity index is 403. The van der Waals surface area contributed by atoms with E-state index in [4.69, 9.17) is 9.47 Å². The minimum Gasteiger partial charge on any atom is -0.480 e. The van der Waals surface area contributed by atoms with E-state index in [1.54, 1.807) is 27.9 Å². The maximum atomic E-state index is 12.3. The Morgan fingerprint density at radius 1 is 1.30 bits per heavy atom. The number of ether oxygens (including phenoxy) is 2. The van der Waals surface area contributed by atoms with Gasteiger partial charge in [0, 0.05) is 19.1 Å². The lowest BCUT2D eigenvalue weighted by atomic mass is 9.93. The van der Waals surface area contributed by atoms with Crippen molar-refractivity contribution in [2.75, 3.05) is 13.7 Å². The molecule has 6 heteroatoms. The van der Waals surface area contributed by atoms with E-state index in [1.807, 2.05) is 0 Å². The largest absolute Gasteiger partial charge is 0.480 e. The fourth-order valence-electron chi connectivity index (χ4n) is 3.52. The van der Waals surface area contributed by atoms with Crippen molar-refractivity contribution in [3.05, 3.63) is 0 Å². The van der Waals surface area contributed by atoms with Gasteiger partial charge in [0.25, 0.3) is 0 Å². The highest BCUT2D eigenvalue weighted by Crippen LogP contribution is 2.47. The fourth-order valence-corrected chi connectivity index (χ4v) is 3.52. The van der Waals surface area contributed by atoms with Gasteiger partial charge in [0.15, 0.2) is 0 Å². The van der Waals surface area contributed by atoms with Crippen LogP contribution in [0.4, 0.5) is 4.79 Å². The number of amides is 1. The van der Waals surface area contributed by atoms with Crippen LogP contribution in [0.5, 0.6) is 0 Å². The van der Waals surface area contributed by atoms with Crippen molar-refractivity contribution in [3.63, 3.8) is 0 Å². The average molecular weight is 285 g/mol. The first-order chi connectivity index (χ1) is 9.26. The number of nitrogens with zero attached hydrogens (tertiary/aromatic N) is 1. The number of hydrogen-bond donors (Lipinski definition) is 1. The van der Waals surface area contributed by atoms with Gasteiger partial charge in [0.1, 0.15) is 11.6 Å². The standard InChI is InChI=1S/C14H23NO5/c1-14(2,3)20-13(18)15-10-6-5-8(9(10)7-19-4)11(15)12(16)17/h8-11H,5-7H2,1-4H3,(H,16,17). The molecule has 4 atom stereocenters. The number of hydrogen-bond acceptors (Lipinski definition) is 4. The Morgan fingerprint density at radius 3 is 2.45 bits per heavy atom. The average Bonchev–Trinajstić information content (AvgIpc) is 2.82. The minimum atomic E-state index is -0.954. The topological polar surface area (TPSA) is 76.1 Å². The van der Waals surface area contributed by atoms with Crippen LogP contribution in [-0.4, -0.2) is 53.5 Å². The lowest BCUT2D eigenvalue weighted by Gasteiger charge is -2.34. The summed E-state index contributed by atoms with van der Waals surface area (Å²) in [5.41, 5.74) is -0.626. The summed E-state index contributed by atoms with van der Waals surface area (Å²) in [6, 6.07) is -0.875. The van der Waals surface area contributed by atoms with Crippen LogP contribution >= 0.6 is 0 Å². The van der Waals surface area contributed by atoms with Crippen LogP contribution < -0.4 is 0 Å². The number of carboxylic acid groups (broad SMARTS) is 1. The zero-order chi connectivity index (χ0) is 15.1. The quantitative estimate of drug-likeness (QED) is 0.854. The highest BCUT2D eigenvalue weighted by molar-refractivity contribution is 5.82. The van der Waals surface area contributed by atoms with Crippen LogP contribution in [0.1, 0.15) is 33.6 Å². The van der Waals surface area contributed by atoms with Crippen molar-refractivity contribution in [2.45, 2.75) is 51.3 Å². The fraction of sp³-hybridized carbons (Fsp3) is 0.857. The first-order valence-corrected chi connectivity index (χ1v) is 6.99. The van der Waals surface area contributed by atoms with Crippen molar-refractivity contribution < 1.29 is 24.2 Å². The van der Waals surface area contributed by atoms with E-state index >= 15 is 0 Å². The molecule has 2 fully saturated rings. The molecule has 20 heavy (non-hydrogen) atoms. The molecule has 0 aromatic carbocycles. The van der Waals surface area contributed by atoms with E-state index in [2.05, 4.69) is 0 Å². The van der Waals surface area contributed by atoms with Gasteiger partial charge in [-0.3, -0.25) is 4.90 Å². The second kappa shape index (κ2) is 5.24. The number of rotatable bonds is 3. The van der Waals surface area contributed by atoms with Crippen LogP contribution in [0.15, 0.2) is 0 Å². The second-order valence-electron chi connectivity index (χ2n) is 6.60. The minimum absolute atomic E-state index is 0.0371. The van der Waals surface area contributed by atoms with Crippen LogP contribution in [-0.2, 0) is 14.3 Å². The lowest BCUT2D eigenvalue weighted by molar-refractivity contribution is -0.144. The van der Waals surface area contributed by atoms with Gasteiger partial charge in [-0.15, -0.1) is 0 Å². The van der Waals surface area contributed by atoms with Gasteiger partial charge in [0.05, 0.1) is 6.61 Å². The Hall–Kier alpha value is -1.30. The predicted molar refractivity (Wildman–Crippen MR) is 71.4 cm³/mol. The maximum Gasteiger partial charge on any atom is 0.411 e. The molecule has 0 radical (unpaired) electrons. The lowest BCUT2D eigenvalue weighted by Crippen LogP contribution is -2.50. The van der Waals surface area contributed by atoms with Crippen molar-refractivity contribution >= 4 is 12.1 Å². The normalized spacial score (nSPS) is 32.5. The van der Waals surface area contributed by atoms with E-state index in [0.717, 1.165) is 12.8 Å². The molecule has 2 aliphatic rings. The van der Waals surface area contributed by atoms with Gasteiger partial charge in [-0.25, -0.2) is 9.59 Å². The summed E-state index contributed by atoms with van der Waals surface area (Å²) in [7, 11) is 1.60. The van der Waals surface area contributed by atoms with Crippen molar-refractivity contribution in [1.29, 1.82) is 0 Å². The van der Waals surface area contributed by atoms with Gasteiger partial charge in [-0.05, 0) is 39.5 Å². The smallest absolute Gasteiger partial charge is 0.411 e. The van der Waals surface area contributed by atoms with E-state index in [9.17, 15) is 14.7 Å². The molecule has 1 heterocycles. The molecule has 1 aliphatic heterocycles. The molecule has 2 rings (SSSR count). The van der Waals surface area contributed by atoms with Gasteiger partial charge in [0.2, 0.25) is 0 Å². The molecule has 2 bridgehead atoms. The Labute approximate surface area is 119 Å². The van der Waals surface area contributed by atoms with E-state index < -0.39 is 23.7 Å². The number of carbonyl (C=O) groups excluding carboxylic acids is 1. The van der Waals surface area contributed by atoms with E-state index in [-0.39, 0.29) is 17.9 Å². The van der Waals surface area contributed by atoms with Gasteiger partial charge >= 0.3 is 12.1 Å². The van der Waals surface area contributed by atoms with Gasteiger partial charge < -0.3 is 14.6 Å². The zero-order valence-electron chi connectivity index (χ0n) is 12.5. The maximum absolute atomic E-state index is 12.3. The van der Waals surface area contributed by atoms with E-state index in [1.165, 1.54) is 4.90 Å². The van der Waals surface area contributed by atoms with Crippen molar-refractivity contribution in [1.82, 2.24) is 4.90 Å². The monoisotopic (exact) mass is 285 g/mol. The Balaban J connectivity index is 2.22. The molecule has 1 aliphatic carbocycles. The van der Waals surface area contributed by atoms with E-state index in [0.29, 0.717) is 6.61 Å². The highest BCUT2D eigenvalue weighted by atomic mass is 16.6. The molecule has 6 nitrogen and oxygen atoms in total. The summed E-state index contributed by atoms with van der Waals surface area (Å²) in [4.78, 5) is 25.3. The molecule has 1 amide bonds. The number of aliphatic carboxylic acids is 1. The molecular formula is C14H23NO5. The third-order valence-corrected chi connectivity index (χ3v) is 4.12. The molecule has 0 spiro atoms. The summed E-state index contributed by atoms with van der Waals surface area (Å²) in [6.07, 6.45) is 1.12. The summed E-state index contributed by atoms with van der Waals surface area (Å²) in [6.45, 7) is 5.82. The van der Waals surface area contributed by atoms with Crippen LogP contribution in [0.25, 0.3) is 0 Å². The predicted octanol–water partition coefficient (Wildman–Crippen LogP) is 1.73. The van der Waals surface area contributed by atoms with Crippen molar-refractivity contribution in [3.8, 4) is 0 Å². The van der Waals surface area contributed by atoms with Crippen LogP contribution in [0.2, 0.25) is 0 Å². The summed E-state index contributed by atoms with van der Waals surface area (Å²) in [5.74, 6) is -0.900. The molecule has 4 unspecified atom stereocenters. The number of fused-ring (bicyclic) bond motifs is 2. The number of carboxylic acids is 1. The van der Waals surface area contributed by atoms with Gasteiger partial charge in [-0.1, -0.05) is 0 Å². The van der Waals surface area contributed by atoms with Gasteiger partial charge in [-0.2, -0.15) is 0 Å². The molecular weight excluding hydrogens is 262 g/mol. The molecule has 1 N–H and O–H groups in total. The third kappa shape index (κ3) is 2.61. The first kappa shape index (κ1) is 15.1. The number of methoxy groups -OCH3 is 1. The molecule has 0 aromatic rings. The summed E-state index contributed by atoms with van der Waals surface area (Å²) < 4.78 is 10.6. The number of carbonyl (C=O) groups is 2. The molecule has 1 saturated heterocycles. The molecule has 0 aromatic heterocycles. The Kier molecular flexibility index (Phi) is 3.95. The third-order valence-electron chi connectivity index (χ3n) is 4.12. The highest BCUT2D eigenvalue weighted by Gasteiger charge is 2.58. The summed E-state index contributed by atoms with van der Waals surface area (Å²) >= 11 is 0. The van der Waals surface area contributed by atoms with Crippen molar-refractivity contribution in [2.24, 2.45) is 11.8 Å². The van der Waals surface area contributed by atoms with Crippen LogP contribution in [0.3, 0.4) is 0 Å². The molecule has 1 saturated carbocycles. The second-order valence-corrected chi connectivity index (χ2v) is 6.60. The number of likely N-dealkylation sites (tertiary alicyclic amines) is 1. The summed E-state index contributed by atoms with van der Waals surface area (Å²) in [5, 5.41) is 9.45. The SMILES string of the molecule is COCC1C2CCC1N(C(=O)OC(C)(C)C)C2C(=O)O. The zero-order valence-corrected chi connectivity index (χ0v) is 12.5. The van der Waals surface area contributed by atoms with Crippen LogP contribution in [0, 0.1) is 11.8 Å². The number of piperidine rings is 1.